The molecule has 0 atom stereocenters. The van der Waals surface area contributed by atoms with Gasteiger partial charge in [-0.1, -0.05) is 42.0 Å². The molecule has 0 unspecified atom stereocenters. The predicted molar refractivity (Wildman–Crippen MR) is 68.3 cm³/mol. The molecule has 0 fully saturated rings. The van der Waals surface area contributed by atoms with E-state index in [-0.39, 0.29) is 12.4 Å². The Kier molecular flexibility index (Phi) is 3.75. The quantitative estimate of drug-likeness (QED) is 0.728. The van der Waals surface area contributed by atoms with Gasteiger partial charge in [-0.05, 0) is 30.2 Å². The molecule has 0 amide bonds. The Bertz CT molecular complexity index is 374. The zero-order chi connectivity index (χ0) is 9.97. The van der Waals surface area contributed by atoms with Crippen molar-refractivity contribution in [2.75, 3.05) is 5.73 Å². The van der Waals surface area contributed by atoms with Crippen molar-refractivity contribution in [1.29, 1.82) is 0 Å². The molecule has 0 aliphatic rings. The SMILES string of the molecule is Cc1ccc(-c2ccc(N)cc2)cc1.Cl. The predicted octanol–water partition coefficient (Wildman–Crippen LogP) is 3.67. The van der Waals surface area contributed by atoms with Gasteiger partial charge in [0.05, 0.1) is 0 Å². The van der Waals surface area contributed by atoms with Gasteiger partial charge < -0.3 is 5.73 Å². The van der Waals surface area contributed by atoms with E-state index >= 15 is 0 Å². The monoisotopic (exact) mass is 219 g/mol. The zero-order valence-corrected chi connectivity index (χ0v) is 9.42. The fourth-order valence-corrected chi connectivity index (χ4v) is 1.42. The lowest BCUT2D eigenvalue weighted by molar-refractivity contribution is 1.47. The molecule has 0 spiro atoms. The normalized spacial score (nSPS) is 9.40. The minimum atomic E-state index is 0. The van der Waals surface area contributed by atoms with Crippen molar-refractivity contribution in [3.8, 4) is 11.1 Å². The fourth-order valence-electron chi connectivity index (χ4n) is 1.42. The Balaban J connectivity index is 0.00000112. The van der Waals surface area contributed by atoms with Gasteiger partial charge in [0, 0.05) is 5.69 Å². The second-order valence-electron chi connectivity index (χ2n) is 3.49. The fraction of sp³-hybridized carbons (Fsp3) is 0.0769. The number of aryl methyl sites for hydroxylation is 1. The molecular formula is C13H14ClN. The van der Waals surface area contributed by atoms with Crippen molar-refractivity contribution in [2.45, 2.75) is 6.92 Å². The number of halogens is 1. The second kappa shape index (κ2) is 4.85. The summed E-state index contributed by atoms with van der Waals surface area (Å²) in [7, 11) is 0. The van der Waals surface area contributed by atoms with Gasteiger partial charge in [-0.25, -0.2) is 0 Å². The number of nitrogens with two attached hydrogens (primary N) is 1. The molecule has 0 aliphatic heterocycles. The van der Waals surface area contributed by atoms with E-state index in [1.807, 2.05) is 24.3 Å². The van der Waals surface area contributed by atoms with Crippen molar-refractivity contribution >= 4 is 18.1 Å². The third kappa shape index (κ3) is 2.74. The van der Waals surface area contributed by atoms with Crippen LogP contribution in [0.1, 0.15) is 5.56 Å². The molecule has 2 aromatic rings. The van der Waals surface area contributed by atoms with Crippen molar-refractivity contribution in [1.82, 2.24) is 0 Å². The van der Waals surface area contributed by atoms with Gasteiger partial charge in [0.1, 0.15) is 0 Å². The number of nitrogen functional groups attached to an aromatic ring is 1. The molecule has 0 heterocycles. The topological polar surface area (TPSA) is 26.0 Å². The first-order valence-corrected chi connectivity index (χ1v) is 4.68. The molecule has 2 heteroatoms. The van der Waals surface area contributed by atoms with E-state index in [1.54, 1.807) is 0 Å². The number of anilines is 1. The van der Waals surface area contributed by atoms with Crippen LogP contribution in [-0.2, 0) is 0 Å². The molecule has 2 rings (SSSR count). The lowest BCUT2D eigenvalue weighted by Gasteiger charge is -2.02. The van der Waals surface area contributed by atoms with Gasteiger partial charge in [0.25, 0.3) is 0 Å². The zero-order valence-electron chi connectivity index (χ0n) is 8.60. The lowest BCUT2D eigenvalue weighted by atomic mass is 10.0. The summed E-state index contributed by atoms with van der Waals surface area (Å²) in [5.74, 6) is 0. The molecule has 0 saturated carbocycles. The summed E-state index contributed by atoms with van der Waals surface area (Å²) >= 11 is 0. The Morgan fingerprint density at radius 1 is 0.733 bits per heavy atom. The standard InChI is InChI=1S/C13H13N.ClH/c1-10-2-4-11(5-3-10)12-6-8-13(14)9-7-12;/h2-9H,14H2,1H3;1H. The third-order valence-electron chi connectivity index (χ3n) is 2.30. The van der Waals surface area contributed by atoms with Gasteiger partial charge >= 0.3 is 0 Å². The van der Waals surface area contributed by atoms with Crippen LogP contribution in [0.2, 0.25) is 0 Å². The summed E-state index contributed by atoms with van der Waals surface area (Å²) in [6.45, 7) is 2.09. The number of rotatable bonds is 1. The first kappa shape index (κ1) is 11.6. The van der Waals surface area contributed by atoms with Crippen LogP contribution in [0.3, 0.4) is 0 Å². The largest absolute Gasteiger partial charge is 0.399 e. The summed E-state index contributed by atoms with van der Waals surface area (Å²) in [6, 6.07) is 16.4. The van der Waals surface area contributed by atoms with Crippen LogP contribution < -0.4 is 5.73 Å². The Labute approximate surface area is 96.3 Å². The average molecular weight is 220 g/mol. The van der Waals surface area contributed by atoms with E-state index < -0.39 is 0 Å². The maximum atomic E-state index is 5.63. The van der Waals surface area contributed by atoms with Crippen LogP contribution in [0.4, 0.5) is 5.69 Å². The van der Waals surface area contributed by atoms with E-state index in [0.29, 0.717) is 0 Å². The van der Waals surface area contributed by atoms with E-state index in [4.69, 9.17) is 5.73 Å². The van der Waals surface area contributed by atoms with E-state index in [9.17, 15) is 0 Å². The molecule has 0 aromatic heterocycles. The van der Waals surface area contributed by atoms with Crippen LogP contribution in [0.15, 0.2) is 48.5 Å². The van der Waals surface area contributed by atoms with Crippen molar-refractivity contribution in [2.24, 2.45) is 0 Å². The van der Waals surface area contributed by atoms with Crippen molar-refractivity contribution in [3.63, 3.8) is 0 Å². The minimum Gasteiger partial charge on any atom is -0.399 e. The molecule has 78 valence electrons. The average Bonchev–Trinajstić information content (AvgIpc) is 2.21. The van der Waals surface area contributed by atoms with Crippen molar-refractivity contribution < 1.29 is 0 Å². The third-order valence-corrected chi connectivity index (χ3v) is 2.30. The second-order valence-corrected chi connectivity index (χ2v) is 3.49. The molecule has 2 aromatic carbocycles. The van der Waals surface area contributed by atoms with Crippen LogP contribution in [0.25, 0.3) is 11.1 Å². The molecule has 0 bridgehead atoms. The van der Waals surface area contributed by atoms with E-state index in [0.717, 1.165) is 5.69 Å². The highest BCUT2D eigenvalue weighted by atomic mass is 35.5. The van der Waals surface area contributed by atoms with Gasteiger partial charge in [-0.3, -0.25) is 0 Å². The summed E-state index contributed by atoms with van der Waals surface area (Å²) in [6.07, 6.45) is 0. The minimum absolute atomic E-state index is 0. The number of hydrogen-bond donors (Lipinski definition) is 1. The first-order chi connectivity index (χ1) is 6.75. The van der Waals surface area contributed by atoms with Crippen LogP contribution in [0.5, 0.6) is 0 Å². The van der Waals surface area contributed by atoms with Crippen LogP contribution in [-0.4, -0.2) is 0 Å². The van der Waals surface area contributed by atoms with Gasteiger partial charge in [0.2, 0.25) is 0 Å². The highest BCUT2D eigenvalue weighted by molar-refractivity contribution is 5.85. The number of benzene rings is 2. The first-order valence-electron chi connectivity index (χ1n) is 4.68. The molecule has 0 saturated heterocycles. The van der Waals surface area contributed by atoms with Crippen LogP contribution in [0, 0.1) is 6.92 Å². The summed E-state index contributed by atoms with van der Waals surface area (Å²) in [5, 5.41) is 0. The Morgan fingerprint density at radius 3 is 1.60 bits per heavy atom. The van der Waals surface area contributed by atoms with E-state index in [1.165, 1.54) is 16.7 Å². The summed E-state index contributed by atoms with van der Waals surface area (Å²) < 4.78 is 0. The van der Waals surface area contributed by atoms with Gasteiger partial charge in [-0.15, -0.1) is 12.4 Å². The van der Waals surface area contributed by atoms with Crippen LogP contribution >= 0.6 is 12.4 Å². The highest BCUT2D eigenvalue weighted by Gasteiger charge is 1.95. The smallest absolute Gasteiger partial charge is 0.0314 e. The highest BCUT2D eigenvalue weighted by Crippen LogP contribution is 2.20. The Morgan fingerprint density at radius 2 is 1.13 bits per heavy atom. The molecule has 15 heavy (non-hydrogen) atoms. The van der Waals surface area contributed by atoms with Gasteiger partial charge in [-0.2, -0.15) is 0 Å². The summed E-state index contributed by atoms with van der Waals surface area (Å²) in [4.78, 5) is 0. The van der Waals surface area contributed by atoms with Gasteiger partial charge in [0.15, 0.2) is 0 Å². The van der Waals surface area contributed by atoms with E-state index in [2.05, 4.69) is 31.2 Å². The molecule has 0 aliphatic carbocycles. The molecule has 1 nitrogen and oxygen atoms in total. The maximum Gasteiger partial charge on any atom is 0.0314 e. The molecule has 0 radical (unpaired) electrons. The lowest BCUT2D eigenvalue weighted by Crippen LogP contribution is -1.83. The maximum absolute atomic E-state index is 5.63. The molecular weight excluding hydrogens is 206 g/mol. The molecule has 2 N–H and O–H groups in total. The number of hydrogen-bond acceptors (Lipinski definition) is 1. The van der Waals surface area contributed by atoms with Crippen molar-refractivity contribution in [3.05, 3.63) is 54.1 Å². The Hall–Kier alpha value is -1.47. The summed E-state index contributed by atoms with van der Waals surface area (Å²) in [5.41, 5.74) is 10.2.